The number of benzene rings is 2. The molecule has 126 valence electrons. The number of hydrogen-bond acceptors (Lipinski definition) is 2. The molecule has 1 heterocycles. The summed E-state index contributed by atoms with van der Waals surface area (Å²) in [6.45, 7) is 0. The molecule has 0 bridgehead atoms. The second kappa shape index (κ2) is 7.47. The molecule has 0 saturated carbocycles. The number of unbranched alkanes of at least 4 members (excludes halogenated alkanes) is 1. The molecule has 0 unspecified atom stereocenters. The molecule has 0 spiro atoms. The molecular formula is C20H19BFNO2. The fourth-order valence-corrected chi connectivity index (χ4v) is 2.98. The molecule has 0 fully saturated rings. The van der Waals surface area contributed by atoms with Gasteiger partial charge in [0.15, 0.2) is 0 Å². The van der Waals surface area contributed by atoms with Crippen LogP contribution in [-0.2, 0) is 11.2 Å². The fraction of sp³-hybridized carbons (Fsp3) is 0.200. The summed E-state index contributed by atoms with van der Waals surface area (Å²) in [5.41, 5.74) is 4.85. The number of pyridine rings is 1. The molecule has 0 radical (unpaired) electrons. The lowest BCUT2D eigenvalue weighted by molar-refractivity contribution is -0.137. The van der Waals surface area contributed by atoms with Crippen LogP contribution in [0, 0.1) is 5.82 Å². The van der Waals surface area contributed by atoms with Crippen molar-refractivity contribution in [2.75, 3.05) is 0 Å². The molecule has 0 saturated heterocycles. The average molecular weight is 335 g/mol. The van der Waals surface area contributed by atoms with Gasteiger partial charge in [-0.15, -0.1) is 0 Å². The van der Waals surface area contributed by atoms with Crippen LogP contribution >= 0.6 is 0 Å². The number of carbonyl (C=O) groups is 1. The third kappa shape index (κ3) is 4.24. The van der Waals surface area contributed by atoms with E-state index >= 15 is 0 Å². The van der Waals surface area contributed by atoms with Crippen LogP contribution in [-0.4, -0.2) is 23.9 Å². The Morgan fingerprint density at radius 1 is 1.08 bits per heavy atom. The van der Waals surface area contributed by atoms with Crippen LogP contribution in [0.5, 0.6) is 0 Å². The molecule has 1 aromatic heterocycles. The molecule has 25 heavy (non-hydrogen) atoms. The van der Waals surface area contributed by atoms with Crippen molar-refractivity contribution in [2.24, 2.45) is 0 Å². The van der Waals surface area contributed by atoms with Crippen molar-refractivity contribution in [1.29, 1.82) is 0 Å². The highest BCUT2D eigenvalue weighted by atomic mass is 19.1. The van der Waals surface area contributed by atoms with Gasteiger partial charge in [-0.25, -0.2) is 9.37 Å². The first-order chi connectivity index (χ1) is 12.0. The number of nitrogens with zero attached hydrogens (tertiary/aromatic N) is 1. The average Bonchev–Trinajstić information content (AvgIpc) is 2.58. The van der Waals surface area contributed by atoms with Gasteiger partial charge in [0.25, 0.3) is 0 Å². The summed E-state index contributed by atoms with van der Waals surface area (Å²) in [7, 11) is 2.04. The van der Waals surface area contributed by atoms with Crippen molar-refractivity contribution in [3.63, 3.8) is 0 Å². The number of aromatic nitrogens is 1. The van der Waals surface area contributed by atoms with Gasteiger partial charge < -0.3 is 5.11 Å². The normalized spacial score (nSPS) is 10.9. The largest absolute Gasteiger partial charge is 0.481 e. The summed E-state index contributed by atoms with van der Waals surface area (Å²) in [6.07, 6.45) is 2.33. The number of carboxylic acids is 1. The smallest absolute Gasteiger partial charge is 0.303 e. The summed E-state index contributed by atoms with van der Waals surface area (Å²) in [5, 5.41) is 9.86. The van der Waals surface area contributed by atoms with Crippen LogP contribution in [0.15, 0.2) is 48.5 Å². The number of fused-ring (bicyclic) bond motifs is 1. The second-order valence-corrected chi connectivity index (χ2v) is 6.30. The van der Waals surface area contributed by atoms with E-state index in [2.05, 4.69) is 12.1 Å². The first-order valence-corrected chi connectivity index (χ1v) is 8.41. The lowest BCUT2D eigenvalue weighted by atomic mass is 9.93. The maximum absolute atomic E-state index is 13.2. The lowest BCUT2D eigenvalue weighted by Crippen LogP contribution is -2.02. The van der Waals surface area contributed by atoms with Crippen LogP contribution in [0.25, 0.3) is 22.2 Å². The number of rotatable bonds is 6. The topological polar surface area (TPSA) is 50.2 Å². The molecule has 1 N–H and O–H groups in total. The minimum Gasteiger partial charge on any atom is -0.481 e. The Balaban J connectivity index is 1.99. The quantitative estimate of drug-likeness (QED) is 0.556. The van der Waals surface area contributed by atoms with Gasteiger partial charge in [-0.3, -0.25) is 4.79 Å². The van der Waals surface area contributed by atoms with Gasteiger partial charge in [0.1, 0.15) is 13.7 Å². The van der Waals surface area contributed by atoms with Crippen molar-refractivity contribution >= 4 is 30.2 Å². The van der Waals surface area contributed by atoms with Crippen LogP contribution < -0.4 is 5.46 Å². The van der Waals surface area contributed by atoms with E-state index in [9.17, 15) is 9.18 Å². The first-order valence-electron chi connectivity index (χ1n) is 8.41. The molecule has 0 aliphatic heterocycles. The van der Waals surface area contributed by atoms with Crippen LogP contribution in [0.3, 0.4) is 0 Å². The molecule has 0 aliphatic carbocycles. The Kier molecular flexibility index (Phi) is 5.12. The zero-order valence-electron chi connectivity index (χ0n) is 14.1. The lowest BCUT2D eigenvalue weighted by Gasteiger charge is -2.12. The summed E-state index contributed by atoms with van der Waals surface area (Å²) >= 11 is 0. The number of hydrogen-bond donors (Lipinski definition) is 1. The van der Waals surface area contributed by atoms with Gasteiger partial charge >= 0.3 is 5.97 Å². The molecule has 5 heteroatoms. The summed E-state index contributed by atoms with van der Waals surface area (Å²) in [5.74, 6) is -1.05. The van der Waals surface area contributed by atoms with E-state index in [1.54, 1.807) is 12.1 Å². The van der Waals surface area contributed by atoms with Crippen LogP contribution in [0.2, 0.25) is 0 Å². The Hall–Kier alpha value is -2.69. The van der Waals surface area contributed by atoms with Gasteiger partial charge in [0.05, 0.1) is 11.2 Å². The number of aryl methyl sites for hydroxylation is 1. The fourth-order valence-electron chi connectivity index (χ4n) is 2.98. The first kappa shape index (κ1) is 17.1. The maximum atomic E-state index is 13.2. The molecule has 3 aromatic rings. The monoisotopic (exact) mass is 335 g/mol. The Bertz CT molecular complexity index is 909. The number of halogens is 1. The molecule has 0 aliphatic rings. The van der Waals surface area contributed by atoms with Gasteiger partial charge in [-0.2, -0.15) is 0 Å². The van der Waals surface area contributed by atoms with Gasteiger partial charge in [-0.05, 0) is 66.6 Å². The van der Waals surface area contributed by atoms with Crippen molar-refractivity contribution in [3.05, 3.63) is 59.9 Å². The van der Waals surface area contributed by atoms with E-state index in [4.69, 9.17) is 10.1 Å². The van der Waals surface area contributed by atoms with Crippen LogP contribution in [0.4, 0.5) is 4.39 Å². The molecule has 3 nitrogen and oxygen atoms in total. The van der Waals surface area contributed by atoms with Crippen LogP contribution in [0.1, 0.15) is 24.8 Å². The molecule has 0 amide bonds. The number of aliphatic carboxylic acids is 1. The Morgan fingerprint density at radius 2 is 1.84 bits per heavy atom. The highest BCUT2D eigenvalue weighted by molar-refractivity contribution is 6.33. The summed E-state index contributed by atoms with van der Waals surface area (Å²) in [6, 6.07) is 14.6. The van der Waals surface area contributed by atoms with Crippen molar-refractivity contribution in [1.82, 2.24) is 4.98 Å². The van der Waals surface area contributed by atoms with Crippen molar-refractivity contribution < 1.29 is 14.3 Å². The van der Waals surface area contributed by atoms with E-state index in [0.717, 1.165) is 40.6 Å². The standard InChI is InChI=1S/C20H19BFNO2/c21-16-7-10-18-15(12-16)11-14(3-1-2-4-19(24)25)20(23-18)13-5-8-17(22)9-6-13/h5-12H,1-4,21H2,(H,24,25). The summed E-state index contributed by atoms with van der Waals surface area (Å²) < 4.78 is 13.2. The van der Waals surface area contributed by atoms with E-state index < -0.39 is 5.97 Å². The van der Waals surface area contributed by atoms with Crippen molar-refractivity contribution in [3.8, 4) is 11.3 Å². The van der Waals surface area contributed by atoms with E-state index in [-0.39, 0.29) is 12.2 Å². The third-order valence-corrected chi connectivity index (χ3v) is 4.25. The van der Waals surface area contributed by atoms with E-state index in [1.807, 2.05) is 20.0 Å². The molecule has 0 atom stereocenters. The molecule has 2 aromatic carbocycles. The molecule has 3 rings (SSSR count). The SMILES string of the molecule is Bc1ccc2nc(-c3ccc(F)cc3)c(CCCCC(=O)O)cc2c1. The second-order valence-electron chi connectivity index (χ2n) is 6.30. The zero-order chi connectivity index (χ0) is 17.8. The Labute approximate surface area is 146 Å². The van der Waals surface area contributed by atoms with E-state index in [1.165, 1.54) is 17.6 Å². The predicted molar refractivity (Wildman–Crippen MR) is 101 cm³/mol. The maximum Gasteiger partial charge on any atom is 0.303 e. The molecular weight excluding hydrogens is 316 g/mol. The van der Waals surface area contributed by atoms with Crippen molar-refractivity contribution in [2.45, 2.75) is 25.7 Å². The van der Waals surface area contributed by atoms with E-state index in [0.29, 0.717) is 6.42 Å². The van der Waals surface area contributed by atoms with Gasteiger partial charge in [0, 0.05) is 12.0 Å². The highest BCUT2D eigenvalue weighted by Gasteiger charge is 2.10. The third-order valence-electron chi connectivity index (χ3n) is 4.25. The Morgan fingerprint density at radius 3 is 2.56 bits per heavy atom. The minimum absolute atomic E-state index is 0.173. The summed E-state index contributed by atoms with van der Waals surface area (Å²) in [4.78, 5) is 15.5. The highest BCUT2D eigenvalue weighted by Crippen LogP contribution is 2.27. The predicted octanol–water partition coefficient (Wildman–Crippen LogP) is 3.10. The van der Waals surface area contributed by atoms with Gasteiger partial charge in [0.2, 0.25) is 0 Å². The number of carboxylic acid groups (broad SMARTS) is 1. The zero-order valence-corrected chi connectivity index (χ0v) is 14.1. The van der Waals surface area contributed by atoms with Gasteiger partial charge in [-0.1, -0.05) is 17.6 Å². The minimum atomic E-state index is -0.772.